The zero-order valence-electron chi connectivity index (χ0n) is 30.1. The number of carboxylic acids is 1. The molecule has 0 heterocycles. The molecule has 0 rings (SSSR count). The van der Waals surface area contributed by atoms with Gasteiger partial charge in [0.2, 0.25) is 0 Å². The van der Waals surface area contributed by atoms with Crippen molar-refractivity contribution in [2.24, 2.45) is 5.73 Å². The van der Waals surface area contributed by atoms with Crippen molar-refractivity contribution in [2.45, 2.75) is 193 Å². The molecule has 0 bridgehead atoms. The lowest BCUT2D eigenvalue weighted by molar-refractivity contribution is -0.154. The van der Waals surface area contributed by atoms with Crippen LogP contribution in [0.25, 0.3) is 0 Å². The second-order valence-corrected chi connectivity index (χ2v) is 14.5. The zero-order valence-corrected chi connectivity index (χ0v) is 31.0. The number of phosphoric ester groups is 1. The number of carbonyl (C=O) groups is 2. The van der Waals surface area contributed by atoms with Gasteiger partial charge in [-0.15, -0.1) is 0 Å². The van der Waals surface area contributed by atoms with Crippen molar-refractivity contribution in [3.63, 3.8) is 0 Å². The smallest absolute Gasteiger partial charge is 0.472 e. The van der Waals surface area contributed by atoms with Crippen molar-refractivity contribution in [1.29, 1.82) is 0 Å². The number of rotatable bonds is 37. The van der Waals surface area contributed by atoms with Crippen LogP contribution in [0.1, 0.15) is 181 Å². The first-order valence-electron chi connectivity index (χ1n) is 19.1. The molecular weight excluding hydrogens is 621 g/mol. The number of nitrogens with two attached hydrogens (primary N) is 1. The highest BCUT2D eigenvalue weighted by molar-refractivity contribution is 7.47. The van der Waals surface area contributed by atoms with Crippen molar-refractivity contribution < 1.29 is 42.7 Å². The first-order chi connectivity index (χ1) is 22.7. The van der Waals surface area contributed by atoms with E-state index in [0.717, 1.165) is 38.5 Å². The van der Waals surface area contributed by atoms with Crippen LogP contribution in [0.15, 0.2) is 0 Å². The number of hydrogen-bond donors (Lipinski definition) is 3. The number of carbonyl (C=O) groups excluding carboxylic acids is 1. The second-order valence-electron chi connectivity index (χ2n) is 13.1. The van der Waals surface area contributed by atoms with Crippen molar-refractivity contribution >= 4 is 19.8 Å². The van der Waals surface area contributed by atoms with Crippen molar-refractivity contribution in [2.75, 3.05) is 26.4 Å². The van der Waals surface area contributed by atoms with E-state index in [1.54, 1.807) is 0 Å². The fourth-order valence-corrected chi connectivity index (χ4v) is 6.15. The van der Waals surface area contributed by atoms with Gasteiger partial charge >= 0.3 is 19.8 Å². The van der Waals surface area contributed by atoms with Crippen molar-refractivity contribution in [1.82, 2.24) is 0 Å². The minimum absolute atomic E-state index is 0.0242. The predicted octanol–water partition coefficient (Wildman–Crippen LogP) is 9.64. The first kappa shape index (κ1) is 46.0. The summed E-state index contributed by atoms with van der Waals surface area (Å²) in [6, 6.07) is -1.47. The van der Waals surface area contributed by atoms with Crippen LogP contribution in [0.2, 0.25) is 0 Å². The third-order valence-electron chi connectivity index (χ3n) is 8.39. The van der Waals surface area contributed by atoms with E-state index in [-0.39, 0.29) is 13.0 Å². The summed E-state index contributed by atoms with van der Waals surface area (Å²) in [7, 11) is -4.59. The predicted molar refractivity (Wildman–Crippen MR) is 189 cm³/mol. The lowest BCUT2D eigenvalue weighted by Crippen LogP contribution is -2.34. The van der Waals surface area contributed by atoms with Gasteiger partial charge in [0.1, 0.15) is 12.1 Å². The topological polar surface area (TPSA) is 155 Å². The lowest BCUT2D eigenvalue weighted by atomic mass is 10.0. The van der Waals surface area contributed by atoms with E-state index in [4.69, 9.17) is 24.8 Å². The number of aliphatic carboxylic acids is 1. The molecule has 0 aromatic rings. The van der Waals surface area contributed by atoms with Crippen LogP contribution in [0.4, 0.5) is 0 Å². The number of hydrogen-bond acceptors (Lipinski definition) is 8. The maximum Gasteiger partial charge on any atom is 0.472 e. The fraction of sp³-hybridized carbons (Fsp3) is 0.944. The largest absolute Gasteiger partial charge is 0.480 e. The standard InChI is InChI=1S/C36H72NO9P/c1-3-5-7-9-11-12-13-14-15-16-17-18-19-20-21-23-25-27-29-43-30-33(31-44-47(41,42)45-32-34(37)36(39)40)46-35(38)28-26-24-22-10-8-6-4-2/h33-34H,3-32,37H2,1-2H3,(H,39,40)(H,41,42)/t33-,34+/m1/s1. The molecule has 0 radical (unpaired) electrons. The second kappa shape index (κ2) is 33.5. The third-order valence-corrected chi connectivity index (χ3v) is 9.34. The number of phosphoric acid groups is 1. The molecule has 10 nitrogen and oxygen atoms in total. The van der Waals surface area contributed by atoms with Crippen molar-refractivity contribution in [3.05, 3.63) is 0 Å². The molecule has 0 aliphatic rings. The summed E-state index contributed by atoms with van der Waals surface area (Å²) in [6.07, 6.45) is 30.4. The summed E-state index contributed by atoms with van der Waals surface area (Å²) in [6.45, 7) is 3.85. The zero-order chi connectivity index (χ0) is 34.9. The Hall–Kier alpha value is -1.03. The molecule has 0 aliphatic carbocycles. The van der Waals surface area contributed by atoms with Gasteiger partial charge in [0.05, 0.1) is 19.8 Å². The average Bonchev–Trinajstić information content (AvgIpc) is 3.04. The monoisotopic (exact) mass is 693 g/mol. The Labute approximate surface area is 287 Å². The molecule has 1 unspecified atom stereocenters. The fourth-order valence-electron chi connectivity index (χ4n) is 5.37. The molecular formula is C36H72NO9P. The van der Waals surface area contributed by atoms with E-state index < -0.39 is 45.1 Å². The van der Waals surface area contributed by atoms with Crippen LogP contribution >= 0.6 is 7.82 Å². The van der Waals surface area contributed by atoms with Crippen LogP contribution in [0.3, 0.4) is 0 Å². The Morgan fingerprint density at radius 2 is 0.979 bits per heavy atom. The van der Waals surface area contributed by atoms with E-state index in [2.05, 4.69) is 18.4 Å². The summed E-state index contributed by atoms with van der Waals surface area (Å²) in [4.78, 5) is 33.2. The molecule has 0 saturated heterocycles. The number of unbranched alkanes of at least 4 members (excludes halogenated alkanes) is 23. The molecule has 0 fully saturated rings. The molecule has 3 atom stereocenters. The molecule has 0 aromatic heterocycles. The Bertz CT molecular complexity index is 771. The Morgan fingerprint density at radius 3 is 1.40 bits per heavy atom. The molecule has 11 heteroatoms. The van der Waals surface area contributed by atoms with Gasteiger partial charge in [0, 0.05) is 13.0 Å². The van der Waals surface area contributed by atoms with Gasteiger partial charge < -0.3 is 25.2 Å². The van der Waals surface area contributed by atoms with Crippen LogP contribution in [-0.4, -0.2) is 60.5 Å². The van der Waals surface area contributed by atoms with Gasteiger partial charge in [-0.25, -0.2) is 4.57 Å². The van der Waals surface area contributed by atoms with Crippen LogP contribution in [-0.2, 0) is 32.7 Å². The minimum Gasteiger partial charge on any atom is -0.480 e. The Balaban J connectivity index is 4.11. The van der Waals surface area contributed by atoms with Crippen LogP contribution in [0.5, 0.6) is 0 Å². The van der Waals surface area contributed by atoms with E-state index >= 15 is 0 Å². The van der Waals surface area contributed by atoms with Gasteiger partial charge in [-0.2, -0.15) is 0 Å². The maximum absolute atomic E-state index is 12.4. The number of ether oxygens (including phenoxy) is 2. The maximum atomic E-state index is 12.4. The molecule has 0 amide bonds. The number of esters is 1. The SMILES string of the molecule is CCCCCCCCCCCCCCCCCCCCOC[C@H](COP(=O)(O)OC[C@H](N)C(=O)O)OC(=O)CCCCCCCCC. The summed E-state index contributed by atoms with van der Waals surface area (Å²) in [5, 5.41) is 8.84. The molecule has 0 aromatic carbocycles. The van der Waals surface area contributed by atoms with Gasteiger partial charge in [0.25, 0.3) is 0 Å². The number of carboxylic acid groups (broad SMARTS) is 1. The minimum atomic E-state index is -4.59. The molecule has 0 spiro atoms. The lowest BCUT2D eigenvalue weighted by Gasteiger charge is -2.20. The van der Waals surface area contributed by atoms with E-state index in [1.165, 1.54) is 116 Å². The van der Waals surface area contributed by atoms with Gasteiger partial charge in [-0.3, -0.25) is 18.6 Å². The average molecular weight is 694 g/mol. The van der Waals surface area contributed by atoms with Gasteiger partial charge in [-0.05, 0) is 12.8 Å². The molecule has 4 N–H and O–H groups in total. The molecule has 0 saturated carbocycles. The molecule has 280 valence electrons. The molecule has 0 aliphatic heterocycles. The third kappa shape index (κ3) is 33.3. The van der Waals surface area contributed by atoms with Crippen molar-refractivity contribution in [3.8, 4) is 0 Å². The Morgan fingerprint density at radius 1 is 0.596 bits per heavy atom. The van der Waals surface area contributed by atoms with Gasteiger partial charge in [-0.1, -0.05) is 162 Å². The van der Waals surface area contributed by atoms with Crippen LogP contribution < -0.4 is 5.73 Å². The highest BCUT2D eigenvalue weighted by Gasteiger charge is 2.27. The van der Waals surface area contributed by atoms with E-state index in [1.807, 2.05) is 0 Å². The summed E-state index contributed by atoms with van der Waals surface area (Å²) in [5.41, 5.74) is 5.32. The quantitative estimate of drug-likeness (QED) is 0.0325. The first-order valence-corrected chi connectivity index (χ1v) is 20.6. The highest BCUT2D eigenvalue weighted by atomic mass is 31.2. The molecule has 47 heavy (non-hydrogen) atoms. The summed E-state index contributed by atoms with van der Waals surface area (Å²) in [5.74, 6) is -1.78. The summed E-state index contributed by atoms with van der Waals surface area (Å²) < 4.78 is 33.1. The highest BCUT2D eigenvalue weighted by Crippen LogP contribution is 2.43. The Kier molecular flexibility index (Phi) is 32.7. The normalized spacial score (nSPS) is 14.1. The van der Waals surface area contributed by atoms with Gasteiger partial charge in [0.15, 0.2) is 0 Å². The summed E-state index contributed by atoms with van der Waals surface area (Å²) >= 11 is 0. The van der Waals surface area contributed by atoms with E-state index in [9.17, 15) is 19.0 Å². The van der Waals surface area contributed by atoms with Crippen LogP contribution in [0, 0.1) is 0 Å². The van der Waals surface area contributed by atoms with E-state index in [0.29, 0.717) is 13.0 Å².